The van der Waals surface area contributed by atoms with Crippen molar-refractivity contribution in [2.75, 3.05) is 0 Å². The quantitative estimate of drug-likeness (QED) is 0.739. The Morgan fingerprint density at radius 1 is 1.54 bits per heavy atom. The van der Waals surface area contributed by atoms with Crippen molar-refractivity contribution in [2.24, 2.45) is 5.73 Å². The number of rotatable bonds is 2. The van der Waals surface area contributed by atoms with Gasteiger partial charge in [-0.15, -0.1) is 0 Å². The van der Waals surface area contributed by atoms with E-state index in [9.17, 15) is 4.79 Å². The van der Waals surface area contributed by atoms with Crippen molar-refractivity contribution in [3.05, 3.63) is 28.5 Å². The summed E-state index contributed by atoms with van der Waals surface area (Å²) in [5.41, 5.74) is 6.31. The lowest BCUT2D eigenvalue weighted by Crippen LogP contribution is -2.12. The molecule has 1 aromatic rings. The first kappa shape index (κ1) is 9.99. The molecule has 0 aliphatic rings. The molecule has 4 heteroatoms. The number of amides is 1. The Hall–Kier alpha value is -1.09. The molecule has 70 valence electrons. The van der Waals surface area contributed by atoms with Crippen LogP contribution in [0.3, 0.4) is 0 Å². The summed E-state index contributed by atoms with van der Waals surface area (Å²) in [5, 5.41) is 0.306. The van der Waals surface area contributed by atoms with Crippen LogP contribution in [0.25, 0.3) is 0 Å². The van der Waals surface area contributed by atoms with E-state index in [1.54, 1.807) is 6.07 Å². The van der Waals surface area contributed by atoms with Gasteiger partial charge in [-0.1, -0.05) is 25.4 Å². The van der Waals surface area contributed by atoms with Crippen LogP contribution < -0.4 is 5.73 Å². The Kier molecular flexibility index (Phi) is 2.88. The van der Waals surface area contributed by atoms with E-state index < -0.39 is 5.91 Å². The van der Waals surface area contributed by atoms with Crippen LogP contribution in [0.15, 0.2) is 12.1 Å². The zero-order valence-electron chi connectivity index (χ0n) is 7.54. The molecule has 0 aliphatic carbocycles. The second-order valence-corrected chi connectivity index (χ2v) is 3.51. The maximum atomic E-state index is 10.9. The second-order valence-electron chi connectivity index (χ2n) is 3.12. The van der Waals surface area contributed by atoms with E-state index in [0.717, 1.165) is 5.69 Å². The van der Waals surface area contributed by atoms with Gasteiger partial charge in [0, 0.05) is 11.3 Å². The summed E-state index contributed by atoms with van der Waals surface area (Å²) in [7, 11) is 0. The van der Waals surface area contributed by atoms with E-state index in [1.165, 1.54) is 6.07 Å². The maximum Gasteiger partial charge on any atom is 0.248 e. The number of nitrogens with zero attached hydrogens (tertiary/aromatic N) is 1. The fourth-order valence-corrected chi connectivity index (χ4v) is 1.17. The standard InChI is InChI=1S/C9H11ClN2O/c1-5(2)7-3-6(9(11)13)4-8(10)12-7/h3-5H,1-2H3,(H2,11,13). The zero-order valence-corrected chi connectivity index (χ0v) is 8.30. The minimum absolute atomic E-state index is 0.233. The summed E-state index contributed by atoms with van der Waals surface area (Å²) in [6, 6.07) is 3.13. The number of halogens is 1. The van der Waals surface area contributed by atoms with Crippen LogP contribution in [0.5, 0.6) is 0 Å². The summed E-state index contributed by atoms with van der Waals surface area (Å²) < 4.78 is 0. The fourth-order valence-electron chi connectivity index (χ4n) is 0.955. The smallest absolute Gasteiger partial charge is 0.248 e. The lowest BCUT2D eigenvalue weighted by atomic mass is 10.1. The largest absolute Gasteiger partial charge is 0.366 e. The molecule has 1 rings (SSSR count). The van der Waals surface area contributed by atoms with E-state index in [-0.39, 0.29) is 5.92 Å². The number of pyridine rings is 1. The molecule has 0 fully saturated rings. The first-order chi connectivity index (χ1) is 6.00. The van der Waals surface area contributed by atoms with Gasteiger partial charge in [0.05, 0.1) is 0 Å². The molecule has 1 amide bonds. The highest BCUT2D eigenvalue weighted by Gasteiger charge is 2.07. The summed E-state index contributed by atoms with van der Waals surface area (Å²) >= 11 is 5.72. The van der Waals surface area contributed by atoms with Gasteiger partial charge in [0.25, 0.3) is 0 Å². The third-order valence-electron chi connectivity index (χ3n) is 1.69. The van der Waals surface area contributed by atoms with Crippen molar-refractivity contribution in [1.29, 1.82) is 0 Å². The summed E-state index contributed by atoms with van der Waals surface area (Å²) in [6.07, 6.45) is 0. The molecule has 0 aliphatic heterocycles. The highest BCUT2D eigenvalue weighted by Crippen LogP contribution is 2.17. The Bertz CT molecular complexity index is 336. The number of primary amides is 1. The van der Waals surface area contributed by atoms with Crippen LogP contribution in [0.1, 0.15) is 35.8 Å². The minimum atomic E-state index is -0.480. The monoisotopic (exact) mass is 198 g/mol. The molecule has 1 heterocycles. The van der Waals surface area contributed by atoms with E-state index in [2.05, 4.69) is 4.98 Å². The lowest BCUT2D eigenvalue weighted by molar-refractivity contribution is 0.1000. The van der Waals surface area contributed by atoms with Crippen molar-refractivity contribution in [3.63, 3.8) is 0 Å². The van der Waals surface area contributed by atoms with Crippen molar-refractivity contribution in [3.8, 4) is 0 Å². The van der Waals surface area contributed by atoms with E-state index >= 15 is 0 Å². The first-order valence-corrected chi connectivity index (χ1v) is 4.36. The average molecular weight is 199 g/mol. The Labute approximate surface area is 81.9 Å². The SMILES string of the molecule is CC(C)c1cc(C(N)=O)cc(Cl)n1. The highest BCUT2D eigenvalue weighted by molar-refractivity contribution is 6.29. The van der Waals surface area contributed by atoms with Gasteiger partial charge < -0.3 is 5.73 Å². The molecule has 0 aromatic carbocycles. The molecule has 3 nitrogen and oxygen atoms in total. The van der Waals surface area contributed by atoms with Crippen LogP contribution in [-0.2, 0) is 0 Å². The third kappa shape index (κ3) is 2.42. The van der Waals surface area contributed by atoms with E-state index in [1.807, 2.05) is 13.8 Å². The molecule has 0 spiro atoms. The van der Waals surface area contributed by atoms with Gasteiger partial charge in [0.15, 0.2) is 0 Å². The molecule has 0 saturated carbocycles. The van der Waals surface area contributed by atoms with Crippen LogP contribution in [-0.4, -0.2) is 10.9 Å². The topological polar surface area (TPSA) is 56.0 Å². The predicted molar refractivity (Wildman–Crippen MR) is 51.9 cm³/mol. The molecular formula is C9H11ClN2O. The van der Waals surface area contributed by atoms with Crippen molar-refractivity contribution in [2.45, 2.75) is 19.8 Å². The number of carbonyl (C=O) groups excluding carboxylic acids is 1. The molecule has 0 saturated heterocycles. The minimum Gasteiger partial charge on any atom is -0.366 e. The Morgan fingerprint density at radius 3 is 2.62 bits per heavy atom. The molecular weight excluding hydrogens is 188 g/mol. The zero-order chi connectivity index (χ0) is 10.0. The van der Waals surface area contributed by atoms with E-state index in [4.69, 9.17) is 17.3 Å². The molecule has 0 bridgehead atoms. The van der Waals surface area contributed by atoms with Crippen LogP contribution in [0.2, 0.25) is 5.15 Å². The van der Waals surface area contributed by atoms with Gasteiger partial charge >= 0.3 is 0 Å². The predicted octanol–water partition coefficient (Wildman–Crippen LogP) is 1.96. The summed E-state index contributed by atoms with van der Waals surface area (Å²) in [6.45, 7) is 3.95. The summed E-state index contributed by atoms with van der Waals surface area (Å²) in [5.74, 6) is -0.247. The second kappa shape index (κ2) is 3.75. The molecule has 13 heavy (non-hydrogen) atoms. The summed E-state index contributed by atoms with van der Waals surface area (Å²) in [4.78, 5) is 14.9. The number of hydrogen-bond donors (Lipinski definition) is 1. The van der Waals surface area contributed by atoms with Crippen LogP contribution in [0.4, 0.5) is 0 Å². The molecule has 0 radical (unpaired) electrons. The normalized spacial score (nSPS) is 10.5. The van der Waals surface area contributed by atoms with Gasteiger partial charge in [-0.2, -0.15) is 0 Å². The molecule has 1 aromatic heterocycles. The van der Waals surface area contributed by atoms with Gasteiger partial charge in [0.2, 0.25) is 5.91 Å². The van der Waals surface area contributed by atoms with E-state index in [0.29, 0.717) is 10.7 Å². The highest BCUT2D eigenvalue weighted by atomic mass is 35.5. The molecule has 2 N–H and O–H groups in total. The maximum absolute atomic E-state index is 10.9. The van der Waals surface area contributed by atoms with Gasteiger partial charge in [0.1, 0.15) is 5.15 Å². The van der Waals surface area contributed by atoms with Gasteiger partial charge in [-0.3, -0.25) is 4.79 Å². The first-order valence-electron chi connectivity index (χ1n) is 3.98. The van der Waals surface area contributed by atoms with Crippen molar-refractivity contribution < 1.29 is 4.79 Å². The van der Waals surface area contributed by atoms with Gasteiger partial charge in [-0.05, 0) is 18.1 Å². The lowest BCUT2D eigenvalue weighted by Gasteiger charge is -2.05. The van der Waals surface area contributed by atoms with Crippen LogP contribution >= 0.6 is 11.6 Å². The third-order valence-corrected chi connectivity index (χ3v) is 1.88. The number of hydrogen-bond acceptors (Lipinski definition) is 2. The molecule has 0 atom stereocenters. The van der Waals surface area contributed by atoms with Crippen molar-refractivity contribution in [1.82, 2.24) is 4.98 Å². The fraction of sp³-hybridized carbons (Fsp3) is 0.333. The number of nitrogens with two attached hydrogens (primary N) is 1. The Balaban J connectivity index is 3.19. The van der Waals surface area contributed by atoms with Crippen molar-refractivity contribution >= 4 is 17.5 Å². The number of carbonyl (C=O) groups is 1. The Morgan fingerprint density at radius 2 is 2.15 bits per heavy atom. The van der Waals surface area contributed by atoms with Crippen LogP contribution in [0, 0.1) is 0 Å². The molecule has 0 unspecified atom stereocenters. The number of aromatic nitrogens is 1. The average Bonchev–Trinajstić information content (AvgIpc) is 2.03. The van der Waals surface area contributed by atoms with Gasteiger partial charge in [-0.25, -0.2) is 4.98 Å².